The van der Waals surface area contributed by atoms with Crippen LogP contribution in [0.5, 0.6) is 0 Å². The van der Waals surface area contributed by atoms with Crippen molar-refractivity contribution in [2.45, 2.75) is 33.1 Å². The number of benzene rings is 1. The summed E-state index contributed by atoms with van der Waals surface area (Å²) in [5, 5.41) is 0.294. The van der Waals surface area contributed by atoms with Gasteiger partial charge in [0.2, 0.25) is 0 Å². The van der Waals surface area contributed by atoms with E-state index in [9.17, 15) is 9.59 Å². The lowest BCUT2D eigenvalue weighted by molar-refractivity contribution is -0.133. The second-order valence-corrected chi connectivity index (χ2v) is 6.94. The Morgan fingerprint density at radius 2 is 1.46 bits per heavy atom. The minimum absolute atomic E-state index is 0.174. The van der Waals surface area contributed by atoms with Gasteiger partial charge in [-0.3, -0.25) is 19.4 Å². The number of carbonyl (C=O) groups excluding carboxylic acids is 2. The maximum atomic E-state index is 12.7. The highest BCUT2D eigenvalue weighted by molar-refractivity contribution is 7.80. The highest BCUT2D eigenvalue weighted by Gasteiger charge is 2.37. The zero-order chi connectivity index (χ0) is 18.7. The molecule has 26 heavy (non-hydrogen) atoms. The van der Waals surface area contributed by atoms with Crippen LogP contribution in [0, 0.1) is 0 Å². The molecule has 2 fully saturated rings. The Morgan fingerprint density at radius 3 is 1.96 bits per heavy atom. The zero-order valence-corrected chi connectivity index (χ0v) is 16.2. The van der Waals surface area contributed by atoms with Gasteiger partial charge in [0.15, 0.2) is 5.11 Å². The van der Waals surface area contributed by atoms with E-state index in [1.807, 2.05) is 26.0 Å². The first-order chi connectivity index (χ1) is 12.6. The third kappa shape index (κ3) is 3.51. The van der Waals surface area contributed by atoms with Crippen molar-refractivity contribution in [1.29, 1.82) is 0 Å². The van der Waals surface area contributed by atoms with Gasteiger partial charge in [-0.15, -0.1) is 0 Å². The van der Waals surface area contributed by atoms with Crippen LogP contribution in [0.2, 0.25) is 0 Å². The van der Waals surface area contributed by atoms with Gasteiger partial charge in [-0.2, -0.15) is 0 Å². The molecule has 0 aromatic heterocycles. The van der Waals surface area contributed by atoms with E-state index in [0.29, 0.717) is 18.2 Å². The predicted molar refractivity (Wildman–Crippen MR) is 108 cm³/mol. The molecule has 0 saturated carbocycles. The summed E-state index contributed by atoms with van der Waals surface area (Å²) in [6.07, 6.45) is 5.44. The van der Waals surface area contributed by atoms with Crippen molar-refractivity contribution in [1.82, 2.24) is 9.80 Å². The molecule has 0 N–H and O–H groups in total. The fraction of sp³-hybridized carbons (Fsp3) is 0.450. The Bertz CT molecular complexity index is 708. The van der Waals surface area contributed by atoms with Gasteiger partial charge >= 0.3 is 0 Å². The molecule has 6 heteroatoms. The number of nitrogens with zero attached hydrogens (tertiary/aromatic N) is 3. The van der Waals surface area contributed by atoms with Gasteiger partial charge in [0.1, 0.15) is 5.57 Å². The van der Waals surface area contributed by atoms with Gasteiger partial charge in [-0.1, -0.05) is 12.1 Å². The number of anilines is 1. The summed E-state index contributed by atoms with van der Waals surface area (Å²) in [5.41, 5.74) is 2.22. The van der Waals surface area contributed by atoms with Crippen molar-refractivity contribution < 1.29 is 9.59 Å². The van der Waals surface area contributed by atoms with E-state index in [1.165, 1.54) is 34.7 Å². The maximum absolute atomic E-state index is 12.7. The number of carbonyl (C=O) groups is 2. The lowest BCUT2D eigenvalue weighted by atomic mass is 10.1. The van der Waals surface area contributed by atoms with Crippen LogP contribution in [0.1, 0.15) is 38.7 Å². The maximum Gasteiger partial charge on any atom is 0.265 e. The van der Waals surface area contributed by atoms with E-state index in [4.69, 9.17) is 12.2 Å². The molecule has 2 amide bonds. The SMILES string of the molecule is CCN1C(=O)C(=Cc2ccc(N3CCCCC3)cc2)C(=O)N(CC)C1=S. The second-order valence-electron chi connectivity index (χ2n) is 6.58. The molecule has 0 spiro atoms. The van der Waals surface area contributed by atoms with Crippen LogP contribution >= 0.6 is 12.2 Å². The molecule has 0 unspecified atom stereocenters. The van der Waals surface area contributed by atoms with E-state index < -0.39 is 0 Å². The summed E-state index contributed by atoms with van der Waals surface area (Å²) in [6, 6.07) is 8.07. The molecule has 0 aliphatic carbocycles. The van der Waals surface area contributed by atoms with Gasteiger partial charge in [-0.25, -0.2) is 0 Å². The second kappa shape index (κ2) is 7.99. The Balaban J connectivity index is 1.86. The molecule has 0 bridgehead atoms. The Hall–Kier alpha value is -2.21. The van der Waals surface area contributed by atoms with Crippen LogP contribution in [0.25, 0.3) is 6.08 Å². The summed E-state index contributed by atoms with van der Waals surface area (Å²) in [4.78, 5) is 30.7. The Morgan fingerprint density at radius 1 is 0.923 bits per heavy atom. The van der Waals surface area contributed by atoms with Crippen molar-refractivity contribution in [2.24, 2.45) is 0 Å². The third-order valence-electron chi connectivity index (χ3n) is 4.97. The fourth-order valence-corrected chi connectivity index (χ4v) is 3.91. The molecule has 1 aromatic carbocycles. The van der Waals surface area contributed by atoms with Crippen LogP contribution in [-0.2, 0) is 9.59 Å². The molecule has 2 aliphatic rings. The number of hydrogen-bond donors (Lipinski definition) is 0. The molecule has 2 saturated heterocycles. The van der Waals surface area contributed by atoms with Gasteiger partial charge in [0, 0.05) is 31.9 Å². The van der Waals surface area contributed by atoms with E-state index >= 15 is 0 Å². The molecule has 2 heterocycles. The first kappa shape index (κ1) is 18.6. The van der Waals surface area contributed by atoms with Crippen molar-refractivity contribution >= 4 is 40.9 Å². The van der Waals surface area contributed by atoms with Gasteiger partial charge in [0.25, 0.3) is 11.8 Å². The van der Waals surface area contributed by atoms with Gasteiger partial charge in [0.05, 0.1) is 0 Å². The normalized spacial score (nSPS) is 18.6. The molecule has 5 nitrogen and oxygen atoms in total. The quantitative estimate of drug-likeness (QED) is 0.464. The number of rotatable bonds is 4. The van der Waals surface area contributed by atoms with Gasteiger partial charge < -0.3 is 4.90 Å². The van der Waals surface area contributed by atoms with E-state index in [0.717, 1.165) is 18.7 Å². The largest absolute Gasteiger partial charge is 0.372 e. The summed E-state index contributed by atoms with van der Waals surface area (Å²) in [5.74, 6) is -0.625. The summed E-state index contributed by atoms with van der Waals surface area (Å²) in [6.45, 7) is 6.80. The number of likely N-dealkylation sites (N-methyl/N-ethyl adjacent to an activating group) is 2. The van der Waals surface area contributed by atoms with Crippen molar-refractivity contribution in [3.8, 4) is 0 Å². The highest BCUT2D eigenvalue weighted by Crippen LogP contribution is 2.23. The average Bonchev–Trinajstić information content (AvgIpc) is 2.67. The van der Waals surface area contributed by atoms with Crippen LogP contribution < -0.4 is 4.90 Å². The van der Waals surface area contributed by atoms with Crippen molar-refractivity contribution in [3.05, 3.63) is 35.4 Å². The fourth-order valence-electron chi connectivity index (χ4n) is 3.48. The van der Waals surface area contributed by atoms with E-state index in [1.54, 1.807) is 6.08 Å². The summed E-state index contributed by atoms with van der Waals surface area (Å²) >= 11 is 5.29. The number of thiocarbonyl (C=S) groups is 1. The number of piperidine rings is 1. The standard InChI is InChI=1S/C20H25N3O2S/c1-3-22-18(24)17(19(25)23(4-2)20(22)26)14-15-8-10-16(11-9-15)21-12-6-5-7-13-21/h8-11,14H,3-7,12-13H2,1-2H3. The molecule has 3 rings (SSSR count). The molecule has 0 atom stereocenters. The third-order valence-corrected chi connectivity index (χ3v) is 5.41. The molecular formula is C20H25N3O2S. The van der Waals surface area contributed by atoms with Crippen molar-refractivity contribution in [3.63, 3.8) is 0 Å². The Kier molecular flexibility index (Phi) is 5.71. The minimum Gasteiger partial charge on any atom is -0.372 e. The van der Waals surface area contributed by atoms with E-state index in [2.05, 4.69) is 17.0 Å². The lowest BCUT2D eigenvalue weighted by Crippen LogP contribution is -2.55. The average molecular weight is 372 g/mol. The topological polar surface area (TPSA) is 43.9 Å². The van der Waals surface area contributed by atoms with Crippen LogP contribution in [0.15, 0.2) is 29.8 Å². The minimum atomic E-state index is -0.313. The van der Waals surface area contributed by atoms with Crippen molar-refractivity contribution in [2.75, 3.05) is 31.1 Å². The first-order valence-corrected chi connectivity index (χ1v) is 9.72. The van der Waals surface area contributed by atoms with E-state index in [-0.39, 0.29) is 17.4 Å². The summed E-state index contributed by atoms with van der Waals surface area (Å²) in [7, 11) is 0. The number of amides is 2. The monoisotopic (exact) mass is 371 g/mol. The van der Waals surface area contributed by atoms with Gasteiger partial charge in [-0.05, 0) is 69.1 Å². The predicted octanol–water partition coefficient (Wildman–Crippen LogP) is 3.06. The molecular weight excluding hydrogens is 346 g/mol. The molecule has 138 valence electrons. The van der Waals surface area contributed by atoms with Crippen LogP contribution in [0.4, 0.5) is 5.69 Å². The molecule has 2 aliphatic heterocycles. The summed E-state index contributed by atoms with van der Waals surface area (Å²) < 4.78 is 0. The van der Waals surface area contributed by atoms with Crippen LogP contribution in [0.3, 0.4) is 0 Å². The highest BCUT2D eigenvalue weighted by atomic mass is 32.1. The Labute approximate surface area is 160 Å². The molecule has 1 aromatic rings. The number of hydrogen-bond acceptors (Lipinski definition) is 4. The molecule has 0 radical (unpaired) electrons. The lowest BCUT2D eigenvalue weighted by Gasteiger charge is -2.35. The smallest absolute Gasteiger partial charge is 0.265 e. The first-order valence-electron chi connectivity index (χ1n) is 9.31. The van der Waals surface area contributed by atoms with Crippen LogP contribution in [-0.4, -0.2) is 52.9 Å². The zero-order valence-electron chi connectivity index (χ0n) is 15.4.